The van der Waals surface area contributed by atoms with E-state index in [9.17, 15) is 15.2 Å². The summed E-state index contributed by atoms with van der Waals surface area (Å²) in [7, 11) is 0. The number of hydrogen-bond acceptors (Lipinski definition) is 4. The van der Waals surface area contributed by atoms with E-state index >= 15 is 0 Å². The molecule has 1 atom stereocenters. The summed E-state index contributed by atoms with van der Waals surface area (Å²) in [6.45, 7) is 0.251. The molecule has 0 saturated heterocycles. The lowest BCUT2D eigenvalue weighted by molar-refractivity contribution is -0.384. The molecular weight excluding hydrogens is 256 g/mol. The van der Waals surface area contributed by atoms with Crippen molar-refractivity contribution in [2.45, 2.75) is 6.10 Å². The normalized spacial score (nSPS) is 12.4. The molecule has 0 aliphatic heterocycles. The highest BCUT2D eigenvalue weighted by Gasteiger charge is 2.05. The summed E-state index contributed by atoms with van der Waals surface area (Å²) in [6, 6.07) is 15.4. The van der Waals surface area contributed by atoms with Crippen LogP contribution in [0, 0.1) is 10.1 Å². The van der Waals surface area contributed by atoms with E-state index in [1.165, 1.54) is 12.1 Å². The van der Waals surface area contributed by atoms with Crippen LogP contribution < -0.4 is 0 Å². The minimum absolute atomic E-state index is 0.0477. The molecule has 2 aromatic carbocycles. The van der Waals surface area contributed by atoms with Gasteiger partial charge in [-0.2, -0.15) is 0 Å². The van der Waals surface area contributed by atoms with Gasteiger partial charge in [0.2, 0.25) is 0 Å². The first-order valence-corrected chi connectivity index (χ1v) is 6.14. The van der Waals surface area contributed by atoms with Gasteiger partial charge < -0.3 is 5.11 Å². The maximum atomic E-state index is 10.5. The Morgan fingerprint density at radius 1 is 1.15 bits per heavy atom. The van der Waals surface area contributed by atoms with E-state index in [4.69, 9.17) is 0 Å². The van der Waals surface area contributed by atoms with Gasteiger partial charge in [0.25, 0.3) is 5.69 Å². The number of rotatable bonds is 5. The van der Waals surface area contributed by atoms with Gasteiger partial charge in [0.1, 0.15) is 0 Å². The molecular formula is C15H14N2O3. The Balaban J connectivity index is 1.95. The van der Waals surface area contributed by atoms with Crippen LogP contribution in [-0.2, 0) is 0 Å². The minimum atomic E-state index is -0.648. The number of aliphatic hydroxyl groups excluding tert-OH is 1. The minimum Gasteiger partial charge on any atom is -0.386 e. The Morgan fingerprint density at radius 3 is 2.40 bits per heavy atom. The first-order valence-electron chi connectivity index (χ1n) is 6.14. The maximum absolute atomic E-state index is 10.5. The van der Waals surface area contributed by atoms with Crippen molar-refractivity contribution in [3.63, 3.8) is 0 Å². The summed E-state index contributed by atoms with van der Waals surface area (Å²) in [6.07, 6.45) is 0.945. The van der Waals surface area contributed by atoms with Crippen molar-refractivity contribution >= 4 is 11.9 Å². The Morgan fingerprint density at radius 2 is 1.80 bits per heavy atom. The van der Waals surface area contributed by atoms with Gasteiger partial charge >= 0.3 is 0 Å². The molecule has 0 aromatic heterocycles. The first kappa shape index (κ1) is 13.9. The molecule has 20 heavy (non-hydrogen) atoms. The number of nitro groups is 1. The molecule has 0 heterocycles. The van der Waals surface area contributed by atoms with E-state index < -0.39 is 11.0 Å². The second kappa shape index (κ2) is 6.58. The van der Waals surface area contributed by atoms with Gasteiger partial charge in [-0.05, 0) is 23.3 Å². The summed E-state index contributed by atoms with van der Waals surface area (Å²) < 4.78 is 0. The highest BCUT2D eigenvalue weighted by molar-refractivity contribution is 5.79. The molecule has 0 saturated carbocycles. The summed E-state index contributed by atoms with van der Waals surface area (Å²) in [5.41, 5.74) is 1.62. The van der Waals surface area contributed by atoms with Crippen molar-refractivity contribution in [1.29, 1.82) is 0 Å². The molecule has 102 valence electrons. The van der Waals surface area contributed by atoms with Crippen LogP contribution in [0.3, 0.4) is 0 Å². The van der Waals surface area contributed by atoms with Gasteiger partial charge in [-0.25, -0.2) is 0 Å². The number of nitrogens with zero attached hydrogens (tertiary/aromatic N) is 2. The molecule has 0 aliphatic carbocycles. The van der Waals surface area contributed by atoms with E-state index in [0.29, 0.717) is 0 Å². The molecule has 0 amide bonds. The van der Waals surface area contributed by atoms with Crippen molar-refractivity contribution in [3.8, 4) is 0 Å². The third-order valence-electron chi connectivity index (χ3n) is 2.81. The van der Waals surface area contributed by atoms with Crippen LogP contribution in [0.5, 0.6) is 0 Å². The average molecular weight is 270 g/mol. The SMILES string of the molecule is O=[N+]([O-])c1ccc(C=NC[C@@H](O)c2ccccc2)cc1. The van der Waals surface area contributed by atoms with Crippen LogP contribution in [-0.4, -0.2) is 22.8 Å². The molecule has 5 heteroatoms. The summed E-state index contributed by atoms with van der Waals surface area (Å²) in [5, 5.41) is 20.4. The largest absolute Gasteiger partial charge is 0.386 e. The van der Waals surface area contributed by atoms with Crippen molar-refractivity contribution in [1.82, 2.24) is 0 Å². The van der Waals surface area contributed by atoms with Crippen molar-refractivity contribution < 1.29 is 10.0 Å². The van der Waals surface area contributed by atoms with Crippen LogP contribution in [0.15, 0.2) is 59.6 Å². The van der Waals surface area contributed by atoms with Crippen molar-refractivity contribution in [2.24, 2.45) is 4.99 Å². The van der Waals surface area contributed by atoms with Gasteiger partial charge in [-0.1, -0.05) is 30.3 Å². The smallest absolute Gasteiger partial charge is 0.269 e. The molecule has 0 spiro atoms. The summed E-state index contributed by atoms with van der Waals surface area (Å²) >= 11 is 0. The van der Waals surface area contributed by atoms with Gasteiger partial charge in [0, 0.05) is 18.3 Å². The lowest BCUT2D eigenvalue weighted by Gasteiger charge is -2.06. The van der Waals surface area contributed by atoms with Crippen LogP contribution >= 0.6 is 0 Å². The number of non-ortho nitro benzene ring substituents is 1. The Bertz CT molecular complexity index is 594. The fourth-order valence-corrected chi connectivity index (χ4v) is 1.72. The second-order valence-corrected chi connectivity index (χ2v) is 4.27. The number of nitro benzene ring substituents is 1. The fourth-order valence-electron chi connectivity index (χ4n) is 1.72. The molecule has 2 aromatic rings. The lowest BCUT2D eigenvalue weighted by Crippen LogP contribution is -2.01. The second-order valence-electron chi connectivity index (χ2n) is 4.27. The van der Waals surface area contributed by atoms with Crippen LogP contribution in [0.25, 0.3) is 0 Å². The zero-order valence-electron chi connectivity index (χ0n) is 10.7. The Kier molecular flexibility index (Phi) is 4.57. The zero-order chi connectivity index (χ0) is 14.4. The maximum Gasteiger partial charge on any atom is 0.269 e. The van der Waals surface area contributed by atoms with Crippen molar-refractivity contribution in [2.75, 3.05) is 6.54 Å². The monoisotopic (exact) mass is 270 g/mol. The first-order chi connectivity index (χ1) is 9.66. The van der Waals surface area contributed by atoms with Gasteiger partial charge in [-0.15, -0.1) is 0 Å². The van der Waals surface area contributed by atoms with Gasteiger partial charge in [-0.3, -0.25) is 15.1 Å². The van der Waals surface area contributed by atoms with Crippen LogP contribution in [0.2, 0.25) is 0 Å². The van der Waals surface area contributed by atoms with E-state index in [1.807, 2.05) is 30.3 Å². The quantitative estimate of drug-likeness (QED) is 0.515. The topological polar surface area (TPSA) is 75.7 Å². The van der Waals surface area contributed by atoms with Gasteiger partial charge in [0.15, 0.2) is 0 Å². The Hall–Kier alpha value is -2.53. The number of hydrogen-bond donors (Lipinski definition) is 1. The fraction of sp³-hybridized carbons (Fsp3) is 0.133. The standard InChI is InChI=1S/C15H14N2O3/c18-15(13-4-2-1-3-5-13)11-16-10-12-6-8-14(9-7-12)17(19)20/h1-10,15,18H,11H2/t15-/m1/s1. The molecule has 1 N–H and O–H groups in total. The number of benzene rings is 2. The predicted molar refractivity (Wildman–Crippen MR) is 77.0 cm³/mol. The van der Waals surface area contributed by atoms with Gasteiger partial charge in [0.05, 0.1) is 17.6 Å². The number of aliphatic hydroxyl groups is 1. The Labute approximate surface area is 116 Å². The molecule has 0 unspecified atom stereocenters. The van der Waals surface area contributed by atoms with E-state index in [-0.39, 0.29) is 12.2 Å². The summed E-state index contributed by atoms with van der Waals surface area (Å²) in [5.74, 6) is 0. The molecule has 0 aliphatic rings. The zero-order valence-corrected chi connectivity index (χ0v) is 10.7. The highest BCUT2D eigenvalue weighted by atomic mass is 16.6. The van der Waals surface area contributed by atoms with Crippen LogP contribution in [0.4, 0.5) is 5.69 Å². The van der Waals surface area contributed by atoms with E-state index in [2.05, 4.69) is 4.99 Å². The van der Waals surface area contributed by atoms with E-state index in [0.717, 1.165) is 11.1 Å². The molecule has 0 radical (unpaired) electrons. The third kappa shape index (κ3) is 3.73. The molecule has 0 fully saturated rings. The molecule has 2 rings (SSSR count). The van der Waals surface area contributed by atoms with E-state index in [1.54, 1.807) is 18.3 Å². The molecule has 5 nitrogen and oxygen atoms in total. The highest BCUT2D eigenvalue weighted by Crippen LogP contribution is 2.13. The van der Waals surface area contributed by atoms with Crippen molar-refractivity contribution in [3.05, 3.63) is 75.8 Å². The predicted octanol–water partition coefficient (Wildman–Crippen LogP) is 2.75. The summed E-state index contributed by atoms with van der Waals surface area (Å²) in [4.78, 5) is 14.2. The lowest BCUT2D eigenvalue weighted by atomic mass is 10.1. The third-order valence-corrected chi connectivity index (χ3v) is 2.81. The van der Waals surface area contributed by atoms with Crippen LogP contribution in [0.1, 0.15) is 17.2 Å². The molecule has 0 bridgehead atoms. The number of aliphatic imine (C=N–C) groups is 1. The average Bonchev–Trinajstić information content (AvgIpc) is 2.48.